The van der Waals surface area contributed by atoms with Gasteiger partial charge in [-0.3, -0.25) is 0 Å². The molecule has 0 atom stereocenters. The number of aryl methyl sites for hydroxylation is 1. The molecule has 21 heavy (non-hydrogen) atoms. The lowest BCUT2D eigenvalue weighted by Crippen LogP contribution is -2.11. The monoisotopic (exact) mass is 289 g/mol. The molecule has 0 aliphatic rings. The van der Waals surface area contributed by atoms with E-state index in [1.165, 1.54) is 23.0 Å². The predicted octanol–water partition coefficient (Wildman–Crippen LogP) is 2.35. The molecule has 8 heteroatoms. The Hall–Kier alpha value is -2.77. The van der Waals surface area contributed by atoms with Crippen LogP contribution in [0.5, 0.6) is 0 Å². The Bertz CT molecular complexity index is 823. The third-order valence-corrected chi connectivity index (χ3v) is 3.30. The molecule has 2 heterocycles. The maximum absolute atomic E-state index is 13.8. The van der Waals surface area contributed by atoms with E-state index >= 15 is 0 Å². The second-order valence-electron chi connectivity index (χ2n) is 4.48. The van der Waals surface area contributed by atoms with Crippen molar-refractivity contribution in [2.45, 2.75) is 20.0 Å². The summed E-state index contributed by atoms with van der Waals surface area (Å²) in [5.74, 6) is 0.00509. The molecule has 1 aromatic carbocycles. The second-order valence-corrected chi connectivity index (χ2v) is 4.48. The topological polar surface area (TPSA) is 78.8 Å². The van der Waals surface area contributed by atoms with Crippen molar-refractivity contribution in [1.29, 1.82) is 0 Å². The van der Waals surface area contributed by atoms with Crippen LogP contribution < -0.4 is 0 Å². The standard InChI is InChI=1S/C13H12FN5O2/c1-2-17-10-5-3-4-9(14)13(10)16-11(17)8-18-12(19(20)21)6-7-15-18/h3-7H,2,8H2,1H3. The van der Waals surface area contributed by atoms with Crippen molar-refractivity contribution >= 4 is 16.9 Å². The van der Waals surface area contributed by atoms with Crippen molar-refractivity contribution in [3.8, 4) is 0 Å². The first-order valence-electron chi connectivity index (χ1n) is 6.41. The van der Waals surface area contributed by atoms with E-state index in [2.05, 4.69) is 10.1 Å². The lowest BCUT2D eigenvalue weighted by Gasteiger charge is -2.04. The Morgan fingerprint density at radius 1 is 1.38 bits per heavy atom. The van der Waals surface area contributed by atoms with Crippen LogP contribution in [-0.2, 0) is 13.1 Å². The van der Waals surface area contributed by atoms with Gasteiger partial charge in [0.05, 0.1) is 17.8 Å². The number of hydrogen-bond donors (Lipinski definition) is 0. The lowest BCUT2D eigenvalue weighted by molar-refractivity contribution is -0.392. The Morgan fingerprint density at radius 3 is 2.90 bits per heavy atom. The normalized spacial score (nSPS) is 11.1. The largest absolute Gasteiger partial charge is 0.358 e. The first-order valence-corrected chi connectivity index (χ1v) is 6.41. The molecule has 0 bridgehead atoms. The molecular formula is C13H12FN5O2. The minimum absolute atomic E-state index is 0.116. The number of imidazole rings is 1. The number of nitrogens with zero attached hydrogens (tertiary/aromatic N) is 5. The number of aromatic nitrogens is 4. The summed E-state index contributed by atoms with van der Waals surface area (Å²) in [5, 5.41) is 14.8. The summed E-state index contributed by atoms with van der Waals surface area (Å²) >= 11 is 0. The van der Waals surface area contributed by atoms with Crippen LogP contribution >= 0.6 is 0 Å². The van der Waals surface area contributed by atoms with Crippen LogP contribution in [0.15, 0.2) is 30.5 Å². The fraction of sp³-hybridized carbons (Fsp3) is 0.231. The van der Waals surface area contributed by atoms with E-state index in [1.54, 1.807) is 12.1 Å². The zero-order valence-electron chi connectivity index (χ0n) is 11.2. The fourth-order valence-electron chi connectivity index (χ4n) is 2.37. The maximum atomic E-state index is 13.8. The van der Waals surface area contributed by atoms with Gasteiger partial charge in [-0.15, -0.1) is 4.68 Å². The molecule has 0 unspecified atom stereocenters. The van der Waals surface area contributed by atoms with Gasteiger partial charge in [0, 0.05) is 6.54 Å². The maximum Gasteiger partial charge on any atom is 0.345 e. The molecule has 0 aliphatic heterocycles. The predicted molar refractivity (Wildman–Crippen MR) is 73.3 cm³/mol. The SMILES string of the molecule is CCn1c(Cn2nccc2[N+](=O)[O-])nc2c(F)cccc21. The van der Waals surface area contributed by atoms with Crippen molar-refractivity contribution in [2.75, 3.05) is 0 Å². The zero-order valence-corrected chi connectivity index (χ0v) is 11.2. The van der Waals surface area contributed by atoms with E-state index in [0.29, 0.717) is 17.9 Å². The summed E-state index contributed by atoms with van der Waals surface area (Å²) in [6.45, 7) is 2.61. The van der Waals surface area contributed by atoms with Crippen molar-refractivity contribution in [3.63, 3.8) is 0 Å². The quantitative estimate of drug-likeness (QED) is 0.545. The molecule has 0 spiro atoms. The van der Waals surface area contributed by atoms with Gasteiger partial charge < -0.3 is 14.7 Å². The minimum atomic E-state index is -0.507. The summed E-state index contributed by atoms with van der Waals surface area (Å²) in [5.41, 5.74) is 0.937. The van der Waals surface area contributed by atoms with E-state index in [1.807, 2.05) is 11.5 Å². The summed E-state index contributed by atoms with van der Waals surface area (Å²) in [6.07, 6.45) is 1.36. The lowest BCUT2D eigenvalue weighted by atomic mass is 10.3. The highest BCUT2D eigenvalue weighted by molar-refractivity contribution is 5.76. The molecule has 108 valence electrons. The number of hydrogen-bond acceptors (Lipinski definition) is 4. The molecule has 0 saturated carbocycles. The van der Waals surface area contributed by atoms with Crippen LogP contribution in [0.25, 0.3) is 11.0 Å². The average molecular weight is 289 g/mol. The van der Waals surface area contributed by atoms with Crippen molar-refractivity contribution in [3.05, 3.63) is 52.2 Å². The molecule has 3 rings (SSSR count). The summed E-state index contributed by atoms with van der Waals surface area (Å²) < 4.78 is 16.9. The molecule has 0 fully saturated rings. The third kappa shape index (κ3) is 2.14. The smallest absolute Gasteiger partial charge is 0.345 e. The average Bonchev–Trinajstić information content (AvgIpc) is 3.04. The van der Waals surface area contributed by atoms with E-state index in [9.17, 15) is 14.5 Å². The van der Waals surface area contributed by atoms with Gasteiger partial charge in [-0.2, -0.15) is 0 Å². The van der Waals surface area contributed by atoms with Crippen LogP contribution in [0.4, 0.5) is 10.2 Å². The summed E-state index contributed by atoms with van der Waals surface area (Å²) in [6, 6.07) is 6.05. The van der Waals surface area contributed by atoms with Crippen LogP contribution in [0.1, 0.15) is 12.7 Å². The third-order valence-electron chi connectivity index (χ3n) is 3.30. The number of benzene rings is 1. The molecule has 0 radical (unpaired) electrons. The van der Waals surface area contributed by atoms with Crippen LogP contribution in [0.2, 0.25) is 0 Å². The van der Waals surface area contributed by atoms with Crippen molar-refractivity contribution in [1.82, 2.24) is 19.3 Å². The van der Waals surface area contributed by atoms with Crippen LogP contribution in [0.3, 0.4) is 0 Å². The number of fused-ring (bicyclic) bond motifs is 1. The van der Waals surface area contributed by atoms with Gasteiger partial charge in [0.15, 0.2) is 18.2 Å². The minimum Gasteiger partial charge on any atom is -0.358 e. The summed E-state index contributed by atoms with van der Waals surface area (Å²) in [4.78, 5) is 14.7. The van der Waals surface area contributed by atoms with Crippen molar-refractivity contribution in [2.24, 2.45) is 0 Å². The first kappa shape index (κ1) is 13.2. The molecule has 2 aromatic heterocycles. The van der Waals surface area contributed by atoms with E-state index in [-0.39, 0.29) is 17.9 Å². The fourth-order valence-corrected chi connectivity index (χ4v) is 2.37. The van der Waals surface area contributed by atoms with Gasteiger partial charge in [0.2, 0.25) is 0 Å². The van der Waals surface area contributed by atoms with Gasteiger partial charge >= 0.3 is 5.82 Å². The zero-order chi connectivity index (χ0) is 15.0. The number of nitro groups is 1. The highest BCUT2D eigenvalue weighted by atomic mass is 19.1. The molecule has 7 nitrogen and oxygen atoms in total. The molecule has 0 N–H and O–H groups in total. The van der Waals surface area contributed by atoms with Gasteiger partial charge in [-0.1, -0.05) is 11.2 Å². The summed E-state index contributed by atoms with van der Waals surface area (Å²) in [7, 11) is 0. The van der Waals surface area contributed by atoms with Gasteiger partial charge in [0.25, 0.3) is 0 Å². The second kappa shape index (κ2) is 4.97. The first-order chi connectivity index (χ1) is 10.1. The molecule has 3 aromatic rings. The van der Waals surface area contributed by atoms with Crippen LogP contribution in [0, 0.1) is 15.9 Å². The molecular weight excluding hydrogens is 277 g/mol. The Kier molecular flexibility index (Phi) is 3.13. The van der Waals surface area contributed by atoms with Crippen LogP contribution in [-0.4, -0.2) is 24.3 Å². The van der Waals surface area contributed by atoms with Gasteiger partial charge in [-0.25, -0.2) is 9.37 Å². The van der Waals surface area contributed by atoms with Gasteiger partial charge in [-0.05, 0) is 24.0 Å². The Labute approximate surface area is 118 Å². The Morgan fingerprint density at radius 2 is 2.19 bits per heavy atom. The highest BCUT2D eigenvalue weighted by Crippen LogP contribution is 2.21. The van der Waals surface area contributed by atoms with E-state index < -0.39 is 10.7 Å². The number of halogens is 1. The Balaban J connectivity index is 2.10. The number of rotatable bonds is 4. The highest BCUT2D eigenvalue weighted by Gasteiger charge is 2.19. The van der Waals surface area contributed by atoms with Gasteiger partial charge in [0.1, 0.15) is 5.52 Å². The molecule has 0 saturated heterocycles. The number of para-hydroxylation sites is 1. The van der Waals surface area contributed by atoms with E-state index in [4.69, 9.17) is 0 Å². The molecule has 0 aliphatic carbocycles. The van der Waals surface area contributed by atoms with E-state index in [0.717, 1.165) is 0 Å². The molecule has 0 amide bonds. The van der Waals surface area contributed by atoms with Crippen molar-refractivity contribution < 1.29 is 9.31 Å².